The van der Waals surface area contributed by atoms with Crippen molar-refractivity contribution in [3.8, 4) is 23.7 Å². The van der Waals surface area contributed by atoms with Crippen LogP contribution in [0.3, 0.4) is 0 Å². The molecule has 0 aliphatic carbocycles. The van der Waals surface area contributed by atoms with Crippen LogP contribution in [0.4, 0.5) is 0 Å². The van der Waals surface area contributed by atoms with Crippen LogP contribution in [0, 0.1) is 34.5 Å². The van der Waals surface area contributed by atoms with Crippen molar-refractivity contribution in [2.75, 3.05) is 33.9 Å². The lowest BCUT2D eigenvalue weighted by Crippen LogP contribution is -2.27. The van der Waals surface area contributed by atoms with Gasteiger partial charge in [-0.1, -0.05) is 89.9 Å². The Hall–Kier alpha value is -2.51. The van der Waals surface area contributed by atoms with E-state index in [-0.39, 0.29) is 24.0 Å². The summed E-state index contributed by atoms with van der Waals surface area (Å²) >= 11 is 0. The molecule has 0 radical (unpaired) electrons. The van der Waals surface area contributed by atoms with Gasteiger partial charge in [-0.15, -0.1) is 11.8 Å². The number of ether oxygens (including phenoxy) is 3. The monoisotopic (exact) mass is 730 g/mol. The quantitative estimate of drug-likeness (QED) is 0.0304. The summed E-state index contributed by atoms with van der Waals surface area (Å²) in [6.07, 6.45) is 22.6. The van der Waals surface area contributed by atoms with Crippen LogP contribution in [-0.4, -0.2) is 62.8 Å². The Labute approximate surface area is 320 Å². The second-order valence-corrected chi connectivity index (χ2v) is 16.1. The van der Waals surface area contributed by atoms with Crippen molar-refractivity contribution < 1.29 is 28.6 Å². The van der Waals surface area contributed by atoms with Gasteiger partial charge in [0.05, 0.1) is 10.8 Å². The molecule has 0 aromatic rings. The minimum atomic E-state index is -0.534. The van der Waals surface area contributed by atoms with Crippen molar-refractivity contribution in [2.24, 2.45) is 10.8 Å². The molecule has 7 nitrogen and oxygen atoms in total. The van der Waals surface area contributed by atoms with Gasteiger partial charge in [0.2, 0.25) is 0 Å². The first kappa shape index (κ1) is 49.5. The first-order valence-corrected chi connectivity index (χ1v) is 21.0. The lowest BCUT2D eigenvalue weighted by molar-refractivity contribution is -0.155. The van der Waals surface area contributed by atoms with E-state index in [9.17, 15) is 14.4 Å². The minimum Gasteiger partial charge on any atom is -0.464 e. The van der Waals surface area contributed by atoms with E-state index >= 15 is 0 Å². The summed E-state index contributed by atoms with van der Waals surface area (Å²) in [5.41, 5.74) is -1.07. The topological polar surface area (TPSA) is 82.1 Å². The zero-order valence-corrected chi connectivity index (χ0v) is 35.1. The number of hydrogen-bond donors (Lipinski definition) is 0. The maximum Gasteiger partial charge on any atom is 0.311 e. The molecular weight excluding hydrogens is 650 g/mol. The highest BCUT2D eigenvalue weighted by Gasteiger charge is 2.29. The minimum absolute atomic E-state index is 0.108. The van der Waals surface area contributed by atoms with E-state index in [0.29, 0.717) is 32.5 Å². The third kappa shape index (κ3) is 29.0. The molecule has 0 aliphatic rings. The van der Waals surface area contributed by atoms with E-state index in [2.05, 4.69) is 42.4 Å². The fourth-order valence-corrected chi connectivity index (χ4v) is 5.90. The first-order chi connectivity index (χ1) is 24.9. The summed E-state index contributed by atoms with van der Waals surface area (Å²) in [5.74, 6) is 12.2. The largest absolute Gasteiger partial charge is 0.464 e. The van der Waals surface area contributed by atoms with Crippen LogP contribution < -0.4 is 0 Å². The first-order valence-electron chi connectivity index (χ1n) is 21.0. The number of rotatable bonds is 31. The highest BCUT2D eigenvalue weighted by atomic mass is 16.5. The fraction of sp³-hybridized carbons (Fsp3) is 0.844. The number of hydrogen-bond acceptors (Lipinski definition) is 7. The van der Waals surface area contributed by atoms with Crippen LogP contribution in [0.1, 0.15) is 196 Å². The Morgan fingerprint density at radius 2 is 0.981 bits per heavy atom. The second kappa shape index (κ2) is 32.0. The highest BCUT2D eigenvalue weighted by molar-refractivity contribution is 5.76. The molecule has 0 amide bonds. The third-order valence-electron chi connectivity index (χ3n) is 9.53. The molecule has 0 bridgehead atoms. The van der Waals surface area contributed by atoms with Crippen molar-refractivity contribution in [1.82, 2.24) is 4.90 Å². The maximum absolute atomic E-state index is 12.7. The molecule has 0 N–H and O–H groups in total. The average molecular weight is 730 g/mol. The molecule has 0 saturated heterocycles. The molecule has 0 aliphatic heterocycles. The number of nitrogens with zero attached hydrogens (tertiary/aromatic N) is 1. The molecule has 52 heavy (non-hydrogen) atoms. The molecule has 0 atom stereocenters. The van der Waals surface area contributed by atoms with Gasteiger partial charge < -0.3 is 19.1 Å². The van der Waals surface area contributed by atoms with Gasteiger partial charge in [-0.2, -0.15) is 0 Å². The smallest absolute Gasteiger partial charge is 0.311 e. The molecule has 0 saturated carbocycles. The van der Waals surface area contributed by atoms with Gasteiger partial charge in [-0.3, -0.25) is 14.4 Å². The van der Waals surface area contributed by atoms with Crippen molar-refractivity contribution in [1.29, 1.82) is 0 Å². The van der Waals surface area contributed by atoms with E-state index in [4.69, 9.17) is 14.2 Å². The molecule has 0 spiro atoms. The second-order valence-electron chi connectivity index (χ2n) is 16.1. The molecule has 0 aromatic heterocycles. The zero-order valence-electron chi connectivity index (χ0n) is 35.1. The molecule has 0 unspecified atom stereocenters. The summed E-state index contributed by atoms with van der Waals surface area (Å²) in [7, 11) is 4.02. The average Bonchev–Trinajstić information content (AvgIpc) is 3.09. The van der Waals surface area contributed by atoms with Crippen LogP contribution in [0.15, 0.2) is 0 Å². The lowest BCUT2D eigenvalue weighted by Gasteiger charge is -2.23. The van der Waals surface area contributed by atoms with Gasteiger partial charge in [-0.25, -0.2) is 0 Å². The highest BCUT2D eigenvalue weighted by Crippen LogP contribution is 2.28. The van der Waals surface area contributed by atoms with E-state index in [1.54, 1.807) is 0 Å². The number of carbonyl (C=O) groups is 3. The molecule has 0 rings (SSSR count). The number of unbranched alkanes of at least 4 members (excludes halogenated alkanes) is 12. The van der Waals surface area contributed by atoms with Crippen LogP contribution in [0.25, 0.3) is 0 Å². The lowest BCUT2D eigenvalue weighted by atomic mass is 9.86. The van der Waals surface area contributed by atoms with Crippen molar-refractivity contribution >= 4 is 17.9 Å². The summed E-state index contributed by atoms with van der Waals surface area (Å²) < 4.78 is 17.1. The summed E-state index contributed by atoms with van der Waals surface area (Å²) in [5, 5.41) is 0. The van der Waals surface area contributed by atoms with Crippen LogP contribution in [0.5, 0.6) is 0 Å². The molecule has 0 fully saturated rings. The van der Waals surface area contributed by atoms with Crippen molar-refractivity contribution in [3.05, 3.63) is 0 Å². The molecule has 300 valence electrons. The molecule has 0 heterocycles. The number of esters is 3. The van der Waals surface area contributed by atoms with E-state index < -0.39 is 10.8 Å². The summed E-state index contributed by atoms with van der Waals surface area (Å²) in [6.45, 7) is 13.8. The standard InChI is InChI=1S/C45H79NO6/c1-9-11-13-15-17-19-21-29-38-50-42(48)44(3,4)35-27-23-25-32-40(52-41(47)34-31-37-46(7)8)33-26-24-28-36-45(5,6)43(49)51-39-30-22-20-18-16-14-12-10-2/h40H,9-18,23-39H2,1-8H3. The fourth-order valence-electron chi connectivity index (χ4n) is 5.90. The van der Waals surface area contributed by atoms with Gasteiger partial charge >= 0.3 is 17.9 Å². The zero-order chi connectivity index (χ0) is 38.9. The molecule has 7 heteroatoms. The van der Waals surface area contributed by atoms with Crippen LogP contribution in [-0.2, 0) is 28.6 Å². The van der Waals surface area contributed by atoms with Gasteiger partial charge in [0, 0.05) is 32.1 Å². The van der Waals surface area contributed by atoms with Crippen molar-refractivity contribution in [3.63, 3.8) is 0 Å². The van der Waals surface area contributed by atoms with E-state index in [1.807, 2.05) is 41.8 Å². The predicted octanol–water partition coefficient (Wildman–Crippen LogP) is 11.0. The summed E-state index contributed by atoms with van der Waals surface area (Å²) in [6, 6.07) is 0. The Morgan fingerprint density at radius 1 is 0.558 bits per heavy atom. The van der Waals surface area contributed by atoms with Crippen LogP contribution in [0.2, 0.25) is 0 Å². The predicted molar refractivity (Wildman–Crippen MR) is 216 cm³/mol. The SMILES string of the molecule is CCCCCCC#CCCOC(=O)C(C)(C)CCCCCC(CCCCCC(C)(C)C(=O)OCCC#CCCCCCC)OC(=O)CCCN(C)C. The van der Waals surface area contributed by atoms with Gasteiger partial charge in [-0.05, 0) is 106 Å². The third-order valence-corrected chi connectivity index (χ3v) is 9.53. The Bertz CT molecular complexity index is 987. The Balaban J connectivity index is 4.59. The van der Waals surface area contributed by atoms with Gasteiger partial charge in [0.1, 0.15) is 19.3 Å². The normalized spacial score (nSPS) is 11.5. The molecule has 0 aromatic carbocycles. The van der Waals surface area contributed by atoms with Gasteiger partial charge in [0.25, 0.3) is 0 Å². The van der Waals surface area contributed by atoms with Gasteiger partial charge in [0.15, 0.2) is 0 Å². The molecular formula is C45H79NO6. The van der Waals surface area contributed by atoms with E-state index in [0.717, 1.165) is 103 Å². The maximum atomic E-state index is 12.7. The van der Waals surface area contributed by atoms with Crippen molar-refractivity contribution in [2.45, 2.75) is 202 Å². The Morgan fingerprint density at radius 3 is 1.40 bits per heavy atom. The Kier molecular flexibility index (Phi) is 30.4. The summed E-state index contributed by atoms with van der Waals surface area (Å²) in [4.78, 5) is 40.2. The van der Waals surface area contributed by atoms with Crippen LogP contribution >= 0.6 is 0 Å². The number of carbonyl (C=O) groups excluding carboxylic acids is 3. The van der Waals surface area contributed by atoms with E-state index in [1.165, 1.54) is 38.5 Å².